The second-order valence-corrected chi connectivity index (χ2v) is 4.41. The molecule has 14 heavy (non-hydrogen) atoms. The summed E-state index contributed by atoms with van der Waals surface area (Å²) in [7, 11) is 0. The van der Waals surface area contributed by atoms with Crippen LogP contribution in [-0.4, -0.2) is 17.1 Å². The fourth-order valence-corrected chi connectivity index (χ4v) is 3.04. The first kappa shape index (κ1) is 11.8. The molecule has 0 aromatic carbocycles. The van der Waals surface area contributed by atoms with Gasteiger partial charge in [-0.2, -0.15) is 0 Å². The Balaban J connectivity index is 0.000000980. The van der Waals surface area contributed by atoms with Gasteiger partial charge in [-0.05, 0) is 24.7 Å². The zero-order chi connectivity index (χ0) is 9.42. The lowest BCUT2D eigenvalue weighted by molar-refractivity contribution is -0.153. The summed E-state index contributed by atoms with van der Waals surface area (Å²) in [5.74, 6) is -0.0441. The van der Waals surface area contributed by atoms with Crippen LogP contribution in [0.4, 0.5) is 0 Å². The lowest BCUT2D eigenvalue weighted by Gasteiger charge is -2.47. The molecule has 82 valence electrons. The number of carboxylic acids is 1. The average Bonchev–Trinajstić information content (AvgIpc) is 2.26. The molecule has 0 amide bonds. The molecule has 3 N–H and O–H groups in total. The number of carbonyl (C=O) groups is 1. The van der Waals surface area contributed by atoms with E-state index in [1.54, 1.807) is 0 Å². The van der Waals surface area contributed by atoms with Gasteiger partial charge in [0.05, 0.1) is 5.92 Å². The molecule has 2 fully saturated rings. The van der Waals surface area contributed by atoms with Crippen molar-refractivity contribution in [3.05, 3.63) is 0 Å². The van der Waals surface area contributed by atoms with E-state index in [2.05, 4.69) is 0 Å². The normalized spacial score (nSPS) is 41.2. The highest BCUT2D eigenvalue weighted by Crippen LogP contribution is 2.47. The topological polar surface area (TPSA) is 63.3 Å². The molecule has 2 aliphatic carbocycles. The van der Waals surface area contributed by atoms with Crippen molar-refractivity contribution < 1.29 is 9.90 Å². The molecule has 3 nitrogen and oxygen atoms in total. The van der Waals surface area contributed by atoms with Gasteiger partial charge in [0, 0.05) is 6.04 Å². The van der Waals surface area contributed by atoms with Crippen LogP contribution in [0.5, 0.6) is 0 Å². The van der Waals surface area contributed by atoms with Crippen molar-refractivity contribution in [2.75, 3.05) is 0 Å². The predicted octanol–water partition coefficient (Wildman–Crippen LogP) is 1.65. The monoisotopic (exact) mass is 219 g/mol. The first-order valence-electron chi connectivity index (χ1n) is 5.20. The third kappa shape index (κ3) is 1.75. The summed E-state index contributed by atoms with van der Waals surface area (Å²) in [4.78, 5) is 10.9. The van der Waals surface area contributed by atoms with Gasteiger partial charge < -0.3 is 10.8 Å². The summed E-state index contributed by atoms with van der Waals surface area (Å²) < 4.78 is 0. The van der Waals surface area contributed by atoms with Gasteiger partial charge in [0.1, 0.15) is 0 Å². The van der Waals surface area contributed by atoms with Crippen molar-refractivity contribution in [3.8, 4) is 0 Å². The maximum Gasteiger partial charge on any atom is 0.308 e. The number of nitrogens with two attached hydrogens (primary N) is 1. The second kappa shape index (κ2) is 4.49. The van der Waals surface area contributed by atoms with Gasteiger partial charge in [0.15, 0.2) is 0 Å². The minimum absolute atomic E-state index is 0. The van der Waals surface area contributed by atoms with Crippen molar-refractivity contribution in [1.29, 1.82) is 0 Å². The molecule has 2 rings (SSSR count). The Morgan fingerprint density at radius 2 is 1.71 bits per heavy atom. The van der Waals surface area contributed by atoms with E-state index in [9.17, 15) is 4.79 Å². The van der Waals surface area contributed by atoms with Crippen LogP contribution in [0.25, 0.3) is 0 Å². The van der Waals surface area contributed by atoms with Gasteiger partial charge in [-0.15, -0.1) is 12.4 Å². The molecular formula is C10H18ClNO2. The van der Waals surface area contributed by atoms with Crippen molar-refractivity contribution >= 4 is 18.4 Å². The van der Waals surface area contributed by atoms with E-state index < -0.39 is 5.97 Å². The Hall–Kier alpha value is -0.280. The summed E-state index contributed by atoms with van der Waals surface area (Å²) in [6.07, 6.45) is 5.91. The molecule has 0 saturated heterocycles. The smallest absolute Gasteiger partial charge is 0.308 e. The van der Waals surface area contributed by atoms with E-state index >= 15 is 0 Å². The molecule has 2 saturated carbocycles. The summed E-state index contributed by atoms with van der Waals surface area (Å²) in [6.45, 7) is 0. The van der Waals surface area contributed by atoms with E-state index in [0.29, 0.717) is 11.8 Å². The Morgan fingerprint density at radius 3 is 2.29 bits per heavy atom. The summed E-state index contributed by atoms with van der Waals surface area (Å²) in [5.41, 5.74) is 5.87. The zero-order valence-corrected chi connectivity index (χ0v) is 9.00. The van der Waals surface area contributed by atoms with Crippen LogP contribution < -0.4 is 5.73 Å². The van der Waals surface area contributed by atoms with E-state index in [-0.39, 0.29) is 24.4 Å². The second-order valence-electron chi connectivity index (χ2n) is 4.41. The van der Waals surface area contributed by atoms with Crippen LogP contribution in [-0.2, 0) is 4.79 Å². The van der Waals surface area contributed by atoms with Crippen molar-refractivity contribution in [2.45, 2.75) is 38.1 Å². The number of aliphatic carboxylic acids is 1. The Bertz CT molecular complexity index is 222. The number of halogens is 1. The zero-order valence-electron chi connectivity index (χ0n) is 8.19. The number of fused-ring (bicyclic) bond motifs is 1. The average molecular weight is 220 g/mol. The summed E-state index contributed by atoms with van der Waals surface area (Å²) >= 11 is 0. The van der Waals surface area contributed by atoms with Crippen LogP contribution in [0.1, 0.15) is 32.1 Å². The fraction of sp³-hybridized carbons (Fsp3) is 0.900. The fourth-order valence-electron chi connectivity index (χ4n) is 3.04. The molecule has 4 atom stereocenters. The van der Waals surface area contributed by atoms with Gasteiger partial charge >= 0.3 is 5.97 Å². The molecule has 0 aromatic heterocycles. The SMILES string of the molecule is Cl.NC1C2CCCCCC2C1C(=O)O. The molecule has 0 bridgehead atoms. The molecule has 4 unspecified atom stereocenters. The Kier molecular flexibility index (Phi) is 3.78. The van der Waals surface area contributed by atoms with E-state index in [4.69, 9.17) is 10.8 Å². The number of carboxylic acid groups (broad SMARTS) is 1. The molecule has 0 aromatic rings. The van der Waals surface area contributed by atoms with E-state index in [0.717, 1.165) is 12.8 Å². The maximum atomic E-state index is 10.9. The largest absolute Gasteiger partial charge is 0.481 e. The lowest BCUT2D eigenvalue weighted by Crippen LogP contribution is -2.59. The first-order chi connectivity index (χ1) is 6.22. The van der Waals surface area contributed by atoms with Crippen LogP contribution in [0, 0.1) is 17.8 Å². The molecule has 0 spiro atoms. The van der Waals surface area contributed by atoms with Crippen LogP contribution in [0.15, 0.2) is 0 Å². The Morgan fingerprint density at radius 1 is 1.14 bits per heavy atom. The molecule has 2 aliphatic rings. The van der Waals surface area contributed by atoms with E-state index in [1.807, 2.05) is 0 Å². The third-order valence-electron chi connectivity index (χ3n) is 3.78. The van der Waals surface area contributed by atoms with Gasteiger partial charge in [-0.1, -0.05) is 19.3 Å². The van der Waals surface area contributed by atoms with E-state index in [1.165, 1.54) is 19.3 Å². The molecular weight excluding hydrogens is 202 g/mol. The number of rotatable bonds is 1. The number of hydrogen-bond donors (Lipinski definition) is 2. The first-order valence-corrected chi connectivity index (χ1v) is 5.20. The van der Waals surface area contributed by atoms with Gasteiger partial charge in [0.25, 0.3) is 0 Å². The molecule has 0 aliphatic heterocycles. The van der Waals surface area contributed by atoms with Crippen molar-refractivity contribution in [2.24, 2.45) is 23.5 Å². The number of hydrogen-bond acceptors (Lipinski definition) is 2. The highest BCUT2D eigenvalue weighted by atomic mass is 35.5. The maximum absolute atomic E-state index is 10.9. The standard InChI is InChI=1S/C10H17NO2.ClH/c11-9-7-5-3-1-2-4-6(7)8(9)10(12)13;/h6-9H,1-5,11H2,(H,12,13);1H. The van der Waals surface area contributed by atoms with Crippen molar-refractivity contribution in [3.63, 3.8) is 0 Å². The summed E-state index contributed by atoms with van der Waals surface area (Å²) in [5, 5.41) is 8.95. The van der Waals surface area contributed by atoms with Crippen molar-refractivity contribution in [1.82, 2.24) is 0 Å². The Labute approximate surface area is 90.5 Å². The van der Waals surface area contributed by atoms with Gasteiger partial charge in [0.2, 0.25) is 0 Å². The quantitative estimate of drug-likeness (QED) is 0.705. The molecule has 0 heterocycles. The lowest BCUT2D eigenvalue weighted by atomic mass is 9.59. The van der Waals surface area contributed by atoms with Crippen LogP contribution in [0.3, 0.4) is 0 Å². The molecule has 4 heteroatoms. The van der Waals surface area contributed by atoms with Gasteiger partial charge in [-0.25, -0.2) is 0 Å². The predicted molar refractivity (Wildman–Crippen MR) is 56.4 cm³/mol. The highest BCUT2D eigenvalue weighted by Gasteiger charge is 2.51. The van der Waals surface area contributed by atoms with Crippen LogP contribution >= 0.6 is 12.4 Å². The minimum Gasteiger partial charge on any atom is -0.481 e. The summed E-state index contributed by atoms with van der Waals surface area (Å²) in [6, 6.07) is -0.0689. The third-order valence-corrected chi connectivity index (χ3v) is 3.78. The van der Waals surface area contributed by atoms with Gasteiger partial charge in [-0.3, -0.25) is 4.79 Å². The van der Waals surface area contributed by atoms with Crippen LogP contribution in [0.2, 0.25) is 0 Å². The highest BCUT2D eigenvalue weighted by molar-refractivity contribution is 5.85. The minimum atomic E-state index is -0.685. The molecule has 0 radical (unpaired) electrons.